The van der Waals surface area contributed by atoms with Crippen molar-refractivity contribution in [2.45, 2.75) is 19.4 Å². The van der Waals surface area contributed by atoms with E-state index in [0.29, 0.717) is 25.8 Å². The van der Waals surface area contributed by atoms with Gasteiger partial charge in [0.2, 0.25) is 0 Å². The van der Waals surface area contributed by atoms with Crippen LogP contribution in [0.2, 0.25) is 0 Å². The predicted molar refractivity (Wildman–Crippen MR) is 72.3 cm³/mol. The van der Waals surface area contributed by atoms with Crippen LogP contribution in [0.1, 0.15) is 24.2 Å². The number of hydrogen-bond donors (Lipinski definition) is 1. The van der Waals surface area contributed by atoms with E-state index in [0.717, 1.165) is 6.07 Å². The molecule has 1 heterocycles. The minimum absolute atomic E-state index is 0.0899. The Bertz CT molecular complexity index is 602. The molecule has 8 heteroatoms. The molecule has 0 spiro atoms. The summed E-state index contributed by atoms with van der Waals surface area (Å²) >= 11 is 0. The largest absolute Gasteiger partial charge is 0.478 e. The molecule has 7 nitrogen and oxygen atoms in total. The van der Waals surface area contributed by atoms with Crippen molar-refractivity contribution in [1.29, 1.82) is 0 Å². The number of nitrogens with zero attached hydrogens (tertiary/aromatic N) is 2. The average Bonchev–Trinajstić information content (AvgIpc) is 2.38. The van der Waals surface area contributed by atoms with Gasteiger partial charge in [0.25, 0.3) is 5.69 Å². The zero-order valence-corrected chi connectivity index (χ0v) is 11.6. The van der Waals surface area contributed by atoms with Crippen molar-refractivity contribution in [2.75, 3.05) is 24.7 Å². The number of carbonyl (C=O) groups is 1. The second kappa shape index (κ2) is 5.28. The maximum atomic E-state index is 13.7. The van der Waals surface area contributed by atoms with E-state index in [2.05, 4.69) is 0 Å². The van der Waals surface area contributed by atoms with E-state index >= 15 is 0 Å². The van der Waals surface area contributed by atoms with Crippen LogP contribution in [0.25, 0.3) is 0 Å². The molecule has 0 bridgehead atoms. The van der Waals surface area contributed by atoms with Gasteiger partial charge in [-0.3, -0.25) is 10.1 Å². The lowest BCUT2D eigenvalue weighted by Gasteiger charge is -2.43. The molecule has 1 N–H and O–H groups in total. The molecule has 1 aliphatic rings. The van der Waals surface area contributed by atoms with Crippen molar-refractivity contribution < 1.29 is 24.0 Å². The van der Waals surface area contributed by atoms with Gasteiger partial charge in [-0.25, -0.2) is 9.18 Å². The molecule has 1 saturated heterocycles. The second-order valence-electron chi connectivity index (χ2n) is 5.40. The molecule has 1 aromatic carbocycles. The lowest BCUT2D eigenvalue weighted by atomic mass is 10.00. The van der Waals surface area contributed by atoms with E-state index in [-0.39, 0.29) is 5.69 Å². The number of nitro benzene ring substituents is 1. The molecule has 1 fully saturated rings. The van der Waals surface area contributed by atoms with Crippen molar-refractivity contribution in [1.82, 2.24) is 0 Å². The van der Waals surface area contributed by atoms with Gasteiger partial charge in [0.05, 0.1) is 35.3 Å². The molecule has 0 amide bonds. The van der Waals surface area contributed by atoms with Crippen LogP contribution in [0.15, 0.2) is 12.1 Å². The van der Waals surface area contributed by atoms with Crippen molar-refractivity contribution in [3.8, 4) is 0 Å². The molecule has 0 aliphatic carbocycles. The van der Waals surface area contributed by atoms with E-state index in [1.807, 2.05) is 13.8 Å². The van der Waals surface area contributed by atoms with Crippen LogP contribution in [0.5, 0.6) is 0 Å². The highest BCUT2D eigenvalue weighted by Crippen LogP contribution is 2.36. The summed E-state index contributed by atoms with van der Waals surface area (Å²) in [6.07, 6.45) is 0. The van der Waals surface area contributed by atoms with Crippen LogP contribution in [-0.4, -0.2) is 41.3 Å². The topological polar surface area (TPSA) is 92.9 Å². The zero-order valence-electron chi connectivity index (χ0n) is 11.6. The molecule has 1 aromatic rings. The van der Waals surface area contributed by atoms with Gasteiger partial charge >= 0.3 is 5.97 Å². The molecule has 0 saturated carbocycles. The van der Waals surface area contributed by atoms with E-state index in [4.69, 9.17) is 9.84 Å². The summed E-state index contributed by atoms with van der Waals surface area (Å²) < 4.78 is 19.0. The molecule has 1 aliphatic heterocycles. The molecule has 0 unspecified atom stereocenters. The summed E-state index contributed by atoms with van der Waals surface area (Å²) in [6, 6.07) is 1.67. The predicted octanol–water partition coefficient (Wildman–Crippen LogP) is 2.05. The first kappa shape index (κ1) is 15.2. The number of rotatable bonds is 3. The SMILES string of the molecule is CC1(C)COCCN1c1cc(C(=O)O)c(F)cc1[N+](=O)[O-]. The number of hydrogen-bond acceptors (Lipinski definition) is 5. The summed E-state index contributed by atoms with van der Waals surface area (Å²) in [5.74, 6) is -2.58. The number of nitro groups is 1. The summed E-state index contributed by atoms with van der Waals surface area (Å²) in [4.78, 5) is 23.2. The average molecular weight is 298 g/mol. The molecular weight excluding hydrogens is 283 g/mol. The zero-order chi connectivity index (χ0) is 15.8. The number of aromatic carboxylic acids is 1. The van der Waals surface area contributed by atoms with Gasteiger partial charge in [-0.1, -0.05) is 0 Å². The summed E-state index contributed by atoms with van der Waals surface area (Å²) in [7, 11) is 0. The second-order valence-corrected chi connectivity index (χ2v) is 5.40. The number of ether oxygens (including phenoxy) is 1. The van der Waals surface area contributed by atoms with E-state index in [1.54, 1.807) is 4.90 Å². The molecule has 0 radical (unpaired) electrons. The van der Waals surface area contributed by atoms with Gasteiger partial charge in [0.15, 0.2) is 0 Å². The third-order valence-corrected chi connectivity index (χ3v) is 3.43. The summed E-state index contributed by atoms with van der Waals surface area (Å²) in [5, 5.41) is 20.1. The Hall–Kier alpha value is -2.22. The normalized spacial score (nSPS) is 17.6. The van der Waals surface area contributed by atoms with Crippen molar-refractivity contribution in [3.63, 3.8) is 0 Å². The van der Waals surface area contributed by atoms with Gasteiger partial charge in [-0.15, -0.1) is 0 Å². The first-order valence-electron chi connectivity index (χ1n) is 6.30. The number of morpholine rings is 1. The number of halogens is 1. The molecule has 0 atom stereocenters. The Morgan fingerprint density at radius 3 is 2.71 bits per heavy atom. The van der Waals surface area contributed by atoms with Gasteiger partial charge < -0.3 is 14.7 Å². The van der Waals surface area contributed by atoms with E-state index in [1.165, 1.54) is 0 Å². The first-order valence-corrected chi connectivity index (χ1v) is 6.30. The number of benzene rings is 1. The standard InChI is InChI=1S/C13H15FN2O5/c1-13(2)7-21-4-3-15(13)10-5-8(12(17)18)9(14)6-11(10)16(19)20/h5-6H,3-4,7H2,1-2H3,(H,17,18). The van der Waals surface area contributed by atoms with Gasteiger partial charge in [-0.05, 0) is 19.9 Å². The van der Waals surface area contributed by atoms with Gasteiger partial charge in [0.1, 0.15) is 11.5 Å². The van der Waals surface area contributed by atoms with Crippen molar-refractivity contribution >= 4 is 17.3 Å². The maximum Gasteiger partial charge on any atom is 0.338 e. The molecule has 0 aromatic heterocycles. The maximum absolute atomic E-state index is 13.7. The lowest BCUT2D eigenvalue weighted by Crippen LogP contribution is -2.53. The third kappa shape index (κ3) is 2.80. The fourth-order valence-electron chi connectivity index (χ4n) is 2.38. The third-order valence-electron chi connectivity index (χ3n) is 3.43. The monoisotopic (exact) mass is 298 g/mol. The Kier molecular flexibility index (Phi) is 3.82. The van der Waals surface area contributed by atoms with Crippen molar-refractivity contribution in [3.05, 3.63) is 33.6 Å². The van der Waals surface area contributed by atoms with Crippen LogP contribution in [0.4, 0.5) is 15.8 Å². The van der Waals surface area contributed by atoms with E-state index in [9.17, 15) is 19.3 Å². The quantitative estimate of drug-likeness (QED) is 0.678. The molecular formula is C13H15FN2O5. The Morgan fingerprint density at radius 2 is 2.19 bits per heavy atom. The van der Waals surface area contributed by atoms with Crippen LogP contribution < -0.4 is 4.90 Å². The number of carboxylic acids is 1. The Labute approximate surface area is 120 Å². The van der Waals surface area contributed by atoms with Gasteiger partial charge in [-0.2, -0.15) is 0 Å². The highest BCUT2D eigenvalue weighted by Gasteiger charge is 2.35. The minimum atomic E-state index is -1.46. The Balaban J connectivity index is 2.62. The highest BCUT2D eigenvalue weighted by atomic mass is 19.1. The van der Waals surface area contributed by atoms with Crippen LogP contribution in [0.3, 0.4) is 0 Å². The fraction of sp³-hybridized carbons (Fsp3) is 0.462. The minimum Gasteiger partial charge on any atom is -0.478 e. The van der Waals surface area contributed by atoms with Crippen LogP contribution in [0, 0.1) is 15.9 Å². The Morgan fingerprint density at radius 1 is 1.52 bits per heavy atom. The fourth-order valence-corrected chi connectivity index (χ4v) is 2.38. The number of anilines is 1. The van der Waals surface area contributed by atoms with Crippen LogP contribution >= 0.6 is 0 Å². The molecule has 2 rings (SSSR count). The van der Waals surface area contributed by atoms with Gasteiger partial charge in [0, 0.05) is 6.54 Å². The number of carboxylic acid groups (broad SMARTS) is 1. The molecule has 114 valence electrons. The lowest BCUT2D eigenvalue weighted by molar-refractivity contribution is -0.384. The first-order chi connectivity index (χ1) is 9.74. The van der Waals surface area contributed by atoms with E-state index < -0.39 is 33.5 Å². The smallest absolute Gasteiger partial charge is 0.338 e. The summed E-state index contributed by atoms with van der Waals surface area (Å²) in [6.45, 7) is 4.70. The summed E-state index contributed by atoms with van der Waals surface area (Å²) in [5.41, 5.74) is -1.51. The molecule has 21 heavy (non-hydrogen) atoms. The highest BCUT2D eigenvalue weighted by molar-refractivity contribution is 5.90. The van der Waals surface area contributed by atoms with Crippen LogP contribution in [-0.2, 0) is 4.74 Å². The van der Waals surface area contributed by atoms with Crippen molar-refractivity contribution in [2.24, 2.45) is 0 Å².